The molecule has 0 saturated carbocycles. The minimum Gasteiger partial charge on any atom is -0.383 e. The van der Waals surface area contributed by atoms with E-state index in [1.165, 1.54) is 4.40 Å². The molecule has 0 atom stereocenters. The Bertz CT molecular complexity index is 722. The third kappa shape index (κ3) is 1.55. The molecule has 2 heterocycles. The van der Waals surface area contributed by atoms with E-state index in [4.69, 9.17) is 5.73 Å². The van der Waals surface area contributed by atoms with Crippen LogP contribution in [0.3, 0.4) is 0 Å². The topological polar surface area (TPSA) is 69.1 Å². The van der Waals surface area contributed by atoms with Gasteiger partial charge in [0.2, 0.25) is 6.43 Å². The first-order chi connectivity index (χ1) is 8.66. The van der Waals surface area contributed by atoms with Crippen LogP contribution in [-0.4, -0.2) is 26.0 Å². The molecule has 0 radical (unpaired) electrons. The summed E-state index contributed by atoms with van der Waals surface area (Å²) in [7, 11) is 0. The van der Waals surface area contributed by atoms with Gasteiger partial charge in [-0.25, -0.2) is 8.78 Å². The third-order valence-electron chi connectivity index (χ3n) is 2.69. The highest BCUT2D eigenvalue weighted by Crippen LogP contribution is 2.21. The van der Waals surface area contributed by atoms with Crippen molar-refractivity contribution < 1.29 is 8.78 Å². The van der Waals surface area contributed by atoms with Gasteiger partial charge in [0.25, 0.3) is 5.78 Å². The average molecular weight is 249 g/mol. The summed E-state index contributed by atoms with van der Waals surface area (Å²) in [6.07, 6.45) is -2.94. The standard InChI is InChI=1S/C11H9F2N5/c12-8(13)5-9-16-17-11-15-10(14)6-3-1-2-4-7(6)18(9)11/h1-4,8H,5H2,(H2,14,15,17). The number of para-hydroxylation sites is 1. The Morgan fingerprint density at radius 1 is 1.22 bits per heavy atom. The van der Waals surface area contributed by atoms with Crippen LogP contribution in [0.4, 0.5) is 14.6 Å². The molecule has 3 aromatic rings. The number of nitrogens with two attached hydrogens (primary N) is 1. The number of anilines is 1. The van der Waals surface area contributed by atoms with Crippen molar-refractivity contribution in [2.45, 2.75) is 12.8 Å². The van der Waals surface area contributed by atoms with E-state index in [1.54, 1.807) is 18.2 Å². The summed E-state index contributed by atoms with van der Waals surface area (Å²) in [5, 5.41) is 8.21. The number of nitrogens with zero attached hydrogens (tertiary/aromatic N) is 4. The molecule has 0 aliphatic carbocycles. The number of hydrogen-bond donors (Lipinski definition) is 1. The van der Waals surface area contributed by atoms with Crippen LogP contribution in [0.25, 0.3) is 16.7 Å². The summed E-state index contributed by atoms with van der Waals surface area (Å²) in [6, 6.07) is 7.17. The summed E-state index contributed by atoms with van der Waals surface area (Å²) in [4.78, 5) is 4.05. The van der Waals surface area contributed by atoms with E-state index in [0.717, 1.165) is 0 Å². The lowest BCUT2D eigenvalue weighted by Crippen LogP contribution is -2.05. The zero-order valence-corrected chi connectivity index (χ0v) is 9.22. The Morgan fingerprint density at radius 3 is 2.78 bits per heavy atom. The van der Waals surface area contributed by atoms with Crippen molar-refractivity contribution in [2.75, 3.05) is 5.73 Å². The number of halogens is 2. The van der Waals surface area contributed by atoms with Crippen LogP contribution in [0.5, 0.6) is 0 Å². The molecule has 0 aliphatic heterocycles. The molecule has 0 amide bonds. The maximum atomic E-state index is 12.5. The van der Waals surface area contributed by atoms with E-state index < -0.39 is 12.8 Å². The number of nitrogen functional groups attached to an aromatic ring is 1. The van der Waals surface area contributed by atoms with Crippen LogP contribution in [-0.2, 0) is 6.42 Å². The first-order valence-electron chi connectivity index (χ1n) is 5.33. The van der Waals surface area contributed by atoms with E-state index in [-0.39, 0.29) is 11.6 Å². The third-order valence-corrected chi connectivity index (χ3v) is 2.69. The molecule has 7 heteroatoms. The second-order valence-corrected chi connectivity index (χ2v) is 3.86. The van der Waals surface area contributed by atoms with E-state index in [0.29, 0.717) is 16.7 Å². The normalized spacial score (nSPS) is 11.7. The van der Waals surface area contributed by atoms with Gasteiger partial charge >= 0.3 is 0 Å². The van der Waals surface area contributed by atoms with Crippen molar-refractivity contribution in [3.63, 3.8) is 0 Å². The van der Waals surface area contributed by atoms with Crippen molar-refractivity contribution in [3.05, 3.63) is 30.1 Å². The molecule has 2 aromatic heterocycles. The first kappa shape index (κ1) is 10.8. The van der Waals surface area contributed by atoms with Gasteiger partial charge in [-0.2, -0.15) is 4.98 Å². The summed E-state index contributed by atoms with van der Waals surface area (Å²) in [6.45, 7) is 0. The van der Waals surface area contributed by atoms with E-state index >= 15 is 0 Å². The molecule has 0 aliphatic rings. The molecular weight excluding hydrogens is 240 g/mol. The Balaban J connectivity index is 2.39. The predicted molar refractivity (Wildman–Crippen MR) is 62.4 cm³/mol. The fourth-order valence-corrected chi connectivity index (χ4v) is 1.95. The number of benzene rings is 1. The van der Waals surface area contributed by atoms with Gasteiger partial charge in [0.05, 0.1) is 11.9 Å². The highest BCUT2D eigenvalue weighted by Gasteiger charge is 2.15. The maximum absolute atomic E-state index is 12.5. The van der Waals surface area contributed by atoms with Gasteiger partial charge in [0.15, 0.2) is 0 Å². The zero-order chi connectivity index (χ0) is 12.7. The van der Waals surface area contributed by atoms with Crippen LogP contribution in [0.2, 0.25) is 0 Å². The Hall–Kier alpha value is -2.31. The van der Waals surface area contributed by atoms with Gasteiger partial charge in [-0.15, -0.1) is 10.2 Å². The smallest absolute Gasteiger partial charge is 0.257 e. The Morgan fingerprint density at radius 2 is 2.00 bits per heavy atom. The van der Waals surface area contributed by atoms with Crippen LogP contribution in [0.15, 0.2) is 24.3 Å². The molecule has 18 heavy (non-hydrogen) atoms. The molecule has 0 unspecified atom stereocenters. The molecule has 1 aromatic carbocycles. The molecule has 0 fully saturated rings. The van der Waals surface area contributed by atoms with Crippen molar-refractivity contribution in [2.24, 2.45) is 0 Å². The maximum Gasteiger partial charge on any atom is 0.257 e. The van der Waals surface area contributed by atoms with Crippen molar-refractivity contribution in [1.29, 1.82) is 0 Å². The lowest BCUT2D eigenvalue weighted by Gasteiger charge is -2.05. The first-order valence-corrected chi connectivity index (χ1v) is 5.33. The van der Waals surface area contributed by atoms with Crippen LogP contribution < -0.4 is 5.73 Å². The SMILES string of the molecule is Nc1nc2nnc(CC(F)F)n2c2ccccc12. The molecule has 0 spiro atoms. The van der Waals surface area contributed by atoms with Gasteiger partial charge < -0.3 is 5.73 Å². The van der Waals surface area contributed by atoms with Gasteiger partial charge in [-0.05, 0) is 12.1 Å². The monoisotopic (exact) mass is 249 g/mol. The van der Waals surface area contributed by atoms with Crippen LogP contribution in [0.1, 0.15) is 5.82 Å². The zero-order valence-electron chi connectivity index (χ0n) is 9.22. The quantitative estimate of drug-likeness (QED) is 0.750. The number of fused-ring (bicyclic) bond motifs is 3. The highest BCUT2D eigenvalue weighted by atomic mass is 19.3. The lowest BCUT2D eigenvalue weighted by molar-refractivity contribution is 0.146. The summed E-state index contributed by atoms with van der Waals surface area (Å²) in [5.41, 5.74) is 6.47. The lowest BCUT2D eigenvalue weighted by atomic mass is 10.2. The van der Waals surface area contributed by atoms with Crippen LogP contribution in [0, 0.1) is 0 Å². The van der Waals surface area contributed by atoms with Crippen LogP contribution >= 0.6 is 0 Å². The minimum atomic E-state index is -2.48. The molecule has 3 rings (SSSR count). The van der Waals surface area contributed by atoms with Crippen molar-refractivity contribution in [3.8, 4) is 0 Å². The fraction of sp³-hybridized carbons (Fsp3) is 0.182. The number of alkyl halides is 2. The molecule has 2 N–H and O–H groups in total. The van der Waals surface area contributed by atoms with E-state index in [9.17, 15) is 8.78 Å². The summed E-state index contributed by atoms with van der Waals surface area (Å²) in [5.74, 6) is 0.736. The van der Waals surface area contributed by atoms with E-state index in [2.05, 4.69) is 15.2 Å². The van der Waals surface area contributed by atoms with Gasteiger partial charge in [-0.1, -0.05) is 12.1 Å². The molecule has 0 bridgehead atoms. The molecule has 92 valence electrons. The molecule has 5 nitrogen and oxygen atoms in total. The molecular formula is C11H9F2N5. The summed E-state index contributed by atoms with van der Waals surface area (Å²) < 4.78 is 26.5. The number of aromatic nitrogens is 4. The van der Waals surface area contributed by atoms with Crippen molar-refractivity contribution >= 4 is 22.5 Å². The second kappa shape index (κ2) is 3.86. The minimum absolute atomic E-state index is 0.184. The number of rotatable bonds is 2. The Labute approximate surface area is 100 Å². The second-order valence-electron chi connectivity index (χ2n) is 3.86. The van der Waals surface area contributed by atoms with E-state index in [1.807, 2.05) is 6.07 Å². The highest BCUT2D eigenvalue weighted by molar-refractivity contribution is 5.90. The molecule has 0 saturated heterocycles. The average Bonchev–Trinajstić information content (AvgIpc) is 2.72. The Kier molecular flexibility index (Phi) is 2.32. The van der Waals surface area contributed by atoms with Gasteiger partial charge in [0, 0.05) is 5.39 Å². The summed E-state index contributed by atoms with van der Waals surface area (Å²) >= 11 is 0. The number of hydrogen-bond acceptors (Lipinski definition) is 4. The fourth-order valence-electron chi connectivity index (χ4n) is 1.95. The van der Waals surface area contributed by atoms with Gasteiger partial charge in [-0.3, -0.25) is 4.40 Å². The van der Waals surface area contributed by atoms with Crippen molar-refractivity contribution in [1.82, 2.24) is 19.6 Å². The predicted octanol–water partition coefficient (Wildman–Crippen LogP) is 1.67. The largest absolute Gasteiger partial charge is 0.383 e. The van der Waals surface area contributed by atoms with Gasteiger partial charge in [0.1, 0.15) is 11.6 Å².